The van der Waals surface area contributed by atoms with Crippen LogP contribution in [0.3, 0.4) is 0 Å². The molecule has 0 saturated carbocycles. The van der Waals surface area contributed by atoms with Crippen LogP contribution in [0.4, 0.5) is 10.5 Å². The molecule has 0 radical (unpaired) electrons. The molecule has 1 saturated heterocycles. The number of nitrogens with zero attached hydrogens (tertiary/aromatic N) is 2. The van der Waals surface area contributed by atoms with Gasteiger partial charge >= 0.3 is 0 Å². The van der Waals surface area contributed by atoms with Gasteiger partial charge in [0.15, 0.2) is 0 Å². The number of hydrogen-bond donors (Lipinski definition) is 1. The van der Waals surface area contributed by atoms with Gasteiger partial charge in [-0.25, -0.2) is 0 Å². The maximum Gasteiger partial charge on any atom is 0.294 e. The molecule has 0 bridgehead atoms. The molecule has 3 amide bonds. The summed E-state index contributed by atoms with van der Waals surface area (Å²) in [6.45, 7) is 6.59. The molecule has 2 aromatic rings. The zero-order valence-electron chi connectivity index (χ0n) is 15.5. The third-order valence-corrected chi connectivity index (χ3v) is 5.36. The minimum Gasteiger partial charge on any atom is -0.349 e. The molecule has 6 nitrogen and oxygen atoms in total. The molecule has 1 aliphatic heterocycles. The topological polar surface area (TPSA) is 71.4 Å². The van der Waals surface area contributed by atoms with Gasteiger partial charge in [0.2, 0.25) is 5.91 Å². The van der Waals surface area contributed by atoms with E-state index in [1.165, 1.54) is 0 Å². The van der Waals surface area contributed by atoms with Crippen LogP contribution < -0.4 is 5.32 Å². The molecule has 1 N–H and O–H groups in total. The first-order valence-electron chi connectivity index (χ1n) is 8.67. The molecule has 1 fully saturated rings. The summed E-state index contributed by atoms with van der Waals surface area (Å²) in [7, 11) is 0. The van der Waals surface area contributed by atoms with Gasteiger partial charge in [0, 0.05) is 23.6 Å². The molecular formula is C20H21N3O3S. The van der Waals surface area contributed by atoms with E-state index in [2.05, 4.69) is 16.8 Å². The Labute approximate surface area is 162 Å². The Bertz CT molecular complexity index is 931. The normalized spacial score (nSPS) is 15.7. The molecule has 27 heavy (non-hydrogen) atoms. The predicted octanol–water partition coefficient (Wildman–Crippen LogP) is 3.80. The molecule has 7 heteroatoms. The van der Waals surface area contributed by atoms with Crippen molar-refractivity contribution in [3.8, 4) is 0 Å². The lowest BCUT2D eigenvalue weighted by Crippen LogP contribution is -2.36. The van der Waals surface area contributed by atoms with Crippen molar-refractivity contribution in [1.29, 1.82) is 0 Å². The number of aryl methyl sites for hydroxylation is 1. The first kappa shape index (κ1) is 19.0. The Balaban J connectivity index is 1.74. The van der Waals surface area contributed by atoms with Gasteiger partial charge in [-0.1, -0.05) is 18.2 Å². The Kier molecular flexibility index (Phi) is 5.51. The minimum absolute atomic E-state index is 0.301. The summed E-state index contributed by atoms with van der Waals surface area (Å²) in [5, 5.41) is 2.25. The molecule has 0 atom stereocenters. The van der Waals surface area contributed by atoms with Crippen LogP contribution in [0, 0.1) is 13.8 Å². The van der Waals surface area contributed by atoms with Gasteiger partial charge in [0.25, 0.3) is 11.1 Å². The number of imide groups is 1. The largest absolute Gasteiger partial charge is 0.349 e. The Morgan fingerprint density at radius 3 is 2.52 bits per heavy atom. The molecule has 2 heterocycles. The van der Waals surface area contributed by atoms with Crippen LogP contribution in [0.25, 0.3) is 6.08 Å². The molecule has 140 valence electrons. The number of anilines is 1. The van der Waals surface area contributed by atoms with Crippen molar-refractivity contribution < 1.29 is 14.4 Å². The van der Waals surface area contributed by atoms with Crippen molar-refractivity contribution in [3.63, 3.8) is 0 Å². The van der Waals surface area contributed by atoms with Crippen LogP contribution in [0.5, 0.6) is 0 Å². The fraction of sp³-hybridized carbons (Fsp3) is 0.250. The highest BCUT2D eigenvalue weighted by Crippen LogP contribution is 2.33. The van der Waals surface area contributed by atoms with E-state index in [4.69, 9.17) is 0 Å². The molecular weight excluding hydrogens is 362 g/mol. The highest BCUT2D eigenvalue weighted by Gasteiger charge is 2.36. The van der Waals surface area contributed by atoms with E-state index in [0.29, 0.717) is 10.6 Å². The van der Waals surface area contributed by atoms with Crippen molar-refractivity contribution in [1.82, 2.24) is 9.47 Å². The number of aromatic nitrogens is 1. The van der Waals surface area contributed by atoms with Gasteiger partial charge < -0.3 is 9.88 Å². The SMILES string of the molecule is CCn1c(C)cc(C=C2SC(=O)N(CC(=O)Nc3ccccc3)C2=O)c1C. The lowest BCUT2D eigenvalue weighted by Gasteiger charge is -2.12. The van der Waals surface area contributed by atoms with E-state index in [0.717, 1.165) is 40.2 Å². The highest BCUT2D eigenvalue weighted by molar-refractivity contribution is 8.18. The monoisotopic (exact) mass is 383 g/mol. The number of rotatable bonds is 5. The Morgan fingerprint density at radius 1 is 1.19 bits per heavy atom. The lowest BCUT2D eigenvalue weighted by molar-refractivity contribution is -0.127. The maximum atomic E-state index is 12.6. The lowest BCUT2D eigenvalue weighted by atomic mass is 10.2. The van der Waals surface area contributed by atoms with Crippen molar-refractivity contribution in [2.75, 3.05) is 11.9 Å². The number of nitrogens with one attached hydrogen (secondary N) is 1. The fourth-order valence-corrected chi connectivity index (χ4v) is 3.93. The number of para-hydroxylation sites is 1. The molecule has 3 rings (SSSR count). The zero-order valence-corrected chi connectivity index (χ0v) is 16.3. The van der Waals surface area contributed by atoms with Gasteiger partial charge in [0.1, 0.15) is 6.54 Å². The summed E-state index contributed by atoms with van der Waals surface area (Å²) in [5.74, 6) is -0.844. The summed E-state index contributed by atoms with van der Waals surface area (Å²) in [5.41, 5.74) is 3.68. The predicted molar refractivity (Wildman–Crippen MR) is 107 cm³/mol. The van der Waals surface area contributed by atoms with E-state index in [1.54, 1.807) is 30.3 Å². The van der Waals surface area contributed by atoms with E-state index < -0.39 is 17.1 Å². The Hall–Kier alpha value is -2.80. The van der Waals surface area contributed by atoms with Gasteiger partial charge in [0.05, 0.1) is 4.91 Å². The minimum atomic E-state index is -0.436. The highest BCUT2D eigenvalue weighted by atomic mass is 32.2. The van der Waals surface area contributed by atoms with Crippen molar-refractivity contribution >= 4 is 40.6 Å². The van der Waals surface area contributed by atoms with E-state index in [9.17, 15) is 14.4 Å². The third kappa shape index (κ3) is 3.98. The molecule has 0 unspecified atom stereocenters. The van der Waals surface area contributed by atoms with Crippen LogP contribution in [-0.4, -0.2) is 33.1 Å². The molecule has 0 aliphatic carbocycles. The Morgan fingerprint density at radius 2 is 1.89 bits per heavy atom. The maximum absolute atomic E-state index is 12.6. The van der Waals surface area contributed by atoms with E-state index in [1.807, 2.05) is 26.0 Å². The van der Waals surface area contributed by atoms with Crippen LogP contribution in [0.2, 0.25) is 0 Å². The average Bonchev–Trinajstić information content (AvgIpc) is 3.05. The smallest absolute Gasteiger partial charge is 0.294 e. The summed E-state index contributed by atoms with van der Waals surface area (Å²) < 4.78 is 2.14. The van der Waals surface area contributed by atoms with Crippen LogP contribution in [0.15, 0.2) is 41.3 Å². The summed E-state index contributed by atoms with van der Waals surface area (Å²) in [4.78, 5) is 38.3. The first-order chi connectivity index (χ1) is 12.9. The fourth-order valence-electron chi connectivity index (χ4n) is 3.10. The van der Waals surface area contributed by atoms with Crippen LogP contribution in [-0.2, 0) is 16.1 Å². The van der Waals surface area contributed by atoms with E-state index >= 15 is 0 Å². The number of benzene rings is 1. The van der Waals surface area contributed by atoms with Crippen molar-refractivity contribution in [2.24, 2.45) is 0 Å². The average molecular weight is 383 g/mol. The molecule has 0 spiro atoms. The summed E-state index contributed by atoms with van der Waals surface area (Å²) in [6.07, 6.45) is 1.73. The van der Waals surface area contributed by atoms with Gasteiger partial charge in [-0.2, -0.15) is 0 Å². The number of carbonyl (C=O) groups excluding carboxylic acids is 3. The standard InChI is InChI=1S/C20H21N3O3S/c1-4-22-13(2)10-15(14(22)3)11-17-19(25)23(20(26)27-17)12-18(24)21-16-8-6-5-7-9-16/h5-11H,4,12H2,1-3H3,(H,21,24). The summed E-state index contributed by atoms with van der Waals surface area (Å²) >= 11 is 0.866. The van der Waals surface area contributed by atoms with Gasteiger partial charge in [-0.05, 0) is 62.4 Å². The van der Waals surface area contributed by atoms with Crippen LogP contribution >= 0.6 is 11.8 Å². The number of thioether (sulfide) groups is 1. The van der Waals surface area contributed by atoms with Crippen molar-refractivity contribution in [2.45, 2.75) is 27.3 Å². The summed E-state index contributed by atoms with van der Waals surface area (Å²) in [6, 6.07) is 10.9. The van der Waals surface area contributed by atoms with Crippen molar-refractivity contribution in [3.05, 3.63) is 58.3 Å². The first-order valence-corrected chi connectivity index (χ1v) is 9.49. The van der Waals surface area contributed by atoms with Crippen LogP contribution in [0.1, 0.15) is 23.9 Å². The van der Waals surface area contributed by atoms with Gasteiger partial charge in [-0.15, -0.1) is 0 Å². The molecule has 1 aromatic carbocycles. The quantitative estimate of drug-likeness (QED) is 0.797. The third-order valence-electron chi connectivity index (χ3n) is 4.45. The van der Waals surface area contributed by atoms with Gasteiger partial charge in [-0.3, -0.25) is 19.3 Å². The number of amides is 3. The molecule has 1 aliphatic rings. The second kappa shape index (κ2) is 7.84. The molecule has 1 aromatic heterocycles. The second-order valence-electron chi connectivity index (χ2n) is 6.25. The number of carbonyl (C=O) groups is 3. The number of hydrogen-bond acceptors (Lipinski definition) is 4. The zero-order chi connectivity index (χ0) is 19.6. The second-order valence-corrected chi connectivity index (χ2v) is 7.25. The van der Waals surface area contributed by atoms with E-state index in [-0.39, 0.29) is 6.54 Å².